The van der Waals surface area contributed by atoms with Crippen LogP contribution in [0.15, 0.2) is 16.7 Å². The predicted molar refractivity (Wildman–Crippen MR) is 91.4 cm³/mol. The minimum absolute atomic E-state index is 0.0434. The van der Waals surface area contributed by atoms with Gasteiger partial charge in [0.2, 0.25) is 5.88 Å². The first-order valence-corrected chi connectivity index (χ1v) is 8.91. The summed E-state index contributed by atoms with van der Waals surface area (Å²) in [5.41, 5.74) is -0.931. The smallest absolute Gasteiger partial charge is 0.421 e. The monoisotopic (exact) mass is 445 g/mol. The normalized spacial score (nSPS) is 11.7. The molecule has 0 aliphatic rings. The molecular weight excluding hydrogens is 423 g/mol. The summed E-state index contributed by atoms with van der Waals surface area (Å²) in [6.07, 6.45) is -3.29. The average Bonchev–Trinajstić information content (AvgIpc) is 2.59. The minimum atomic E-state index is -4.54. The number of hydrogen-bond acceptors (Lipinski definition) is 6. The Balaban J connectivity index is 2.06. The standard InChI is InChI=1S/C16H23BrF3NO5/c1-2-22-3-4-23-5-6-24-7-8-25-9-10-26-15-14(16(18,19)20)11-13(17)12-21-15/h11-12H,2-10H2,1H3. The molecule has 150 valence electrons. The van der Waals surface area contributed by atoms with Crippen LogP contribution < -0.4 is 4.74 Å². The number of aromatic nitrogens is 1. The molecule has 0 saturated heterocycles. The lowest BCUT2D eigenvalue weighted by atomic mass is 10.2. The van der Waals surface area contributed by atoms with E-state index >= 15 is 0 Å². The van der Waals surface area contributed by atoms with Gasteiger partial charge in [-0.1, -0.05) is 0 Å². The summed E-state index contributed by atoms with van der Waals surface area (Å²) in [6, 6.07) is 0.924. The van der Waals surface area contributed by atoms with Crippen molar-refractivity contribution in [1.29, 1.82) is 0 Å². The van der Waals surface area contributed by atoms with Crippen LogP contribution >= 0.6 is 15.9 Å². The van der Waals surface area contributed by atoms with Gasteiger partial charge in [-0.15, -0.1) is 0 Å². The van der Waals surface area contributed by atoms with Crippen molar-refractivity contribution in [3.05, 3.63) is 22.3 Å². The third-order valence-electron chi connectivity index (χ3n) is 2.91. The van der Waals surface area contributed by atoms with Gasteiger partial charge < -0.3 is 23.7 Å². The fraction of sp³-hybridized carbons (Fsp3) is 0.688. The molecule has 0 spiro atoms. The van der Waals surface area contributed by atoms with Crippen molar-refractivity contribution in [2.24, 2.45) is 0 Å². The van der Waals surface area contributed by atoms with Crippen LogP contribution in [0.1, 0.15) is 12.5 Å². The maximum atomic E-state index is 12.9. The topological polar surface area (TPSA) is 59.0 Å². The van der Waals surface area contributed by atoms with Crippen molar-refractivity contribution in [3.8, 4) is 5.88 Å². The molecule has 1 aromatic heterocycles. The van der Waals surface area contributed by atoms with E-state index in [1.165, 1.54) is 6.20 Å². The van der Waals surface area contributed by atoms with Gasteiger partial charge in [-0.25, -0.2) is 4.98 Å². The van der Waals surface area contributed by atoms with Crippen LogP contribution in [0.25, 0.3) is 0 Å². The SMILES string of the molecule is CCOCCOCCOCCOCCOc1ncc(Br)cc1C(F)(F)F. The maximum Gasteiger partial charge on any atom is 0.421 e. The van der Waals surface area contributed by atoms with Crippen molar-refractivity contribution in [3.63, 3.8) is 0 Å². The second kappa shape index (κ2) is 13.3. The van der Waals surface area contributed by atoms with Gasteiger partial charge in [0.1, 0.15) is 12.2 Å². The Kier molecular flexibility index (Phi) is 11.8. The molecular formula is C16H23BrF3NO5. The van der Waals surface area contributed by atoms with Crippen LogP contribution in [-0.2, 0) is 25.1 Å². The first kappa shape index (κ1) is 23.1. The Morgan fingerprint density at radius 1 is 0.885 bits per heavy atom. The van der Waals surface area contributed by atoms with E-state index in [9.17, 15) is 13.2 Å². The van der Waals surface area contributed by atoms with E-state index in [0.29, 0.717) is 46.2 Å². The molecule has 1 aromatic rings. The minimum Gasteiger partial charge on any atom is -0.475 e. The molecule has 0 saturated carbocycles. The van der Waals surface area contributed by atoms with E-state index < -0.39 is 17.6 Å². The quantitative estimate of drug-likeness (QED) is 0.409. The molecule has 0 bridgehead atoms. The van der Waals surface area contributed by atoms with Gasteiger partial charge in [-0.05, 0) is 28.9 Å². The highest BCUT2D eigenvalue weighted by molar-refractivity contribution is 9.10. The summed E-state index contributed by atoms with van der Waals surface area (Å²) in [6.45, 7) is 5.31. The lowest BCUT2D eigenvalue weighted by molar-refractivity contribution is -0.139. The van der Waals surface area contributed by atoms with Gasteiger partial charge in [0.05, 0.1) is 46.2 Å². The van der Waals surface area contributed by atoms with Gasteiger partial charge in [0, 0.05) is 17.3 Å². The number of halogens is 4. The molecule has 0 aliphatic carbocycles. The molecule has 0 N–H and O–H groups in total. The van der Waals surface area contributed by atoms with Gasteiger partial charge in [0.15, 0.2) is 0 Å². The van der Waals surface area contributed by atoms with Crippen molar-refractivity contribution < 1.29 is 36.9 Å². The van der Waals surface area contributed by atoms with Crippen LogP contribution in [0.4, 0.5) is 13.2 Å². The van der Waals surface area contributed by atoms with Crippen LogP contribution in [0.3, 0.4) is 0 Å². The Bertz CT molecular complexity index is 505. The molecule has 0 unspecified atom stereocenters. The van der Waals surface area contributed by atoms with Crippen molar-refractivity contribution >= 4 is 15.9 Å². The van der Waals surface area contributed by atoms with Gasteiger partial charge >= 0.3 is 6.18 Å². The predicted octanol–water partition coefficient (Wildman–Crippen LogP) is 3.33. The Labute approximate surface area is 159 Å². The number of alkyl halides is 3. The first-order chi connectivity index (χ1) is 12.4. The zero-order chi connectivity index (χ0) is 19.3. The summed E-state index contributed by atoms with van der Waals surface area (Å²) in [5, 5.41) is 0. The number of rotatable bonds is 14. The Hall–Kier alpha value is -0.940. The fourth-order valence-corrected chi connectivity index (χ4v) is 2.08. The lowest BCUT2D eigenvalue weighted by Gasteiger charge is -2.13. The summed E-state index contributed by atoms with van der Waals surface area (Å²) in [4.78, 5) is 3.65. The summed E-state index contributed by atoms with van der Waals surface area (Å²) >= 11 is 2.96. The molecule has 6 nitrogen and oxygen atoms in total. The van der Waals surface area contributed by atoms with E-state index in [1.807, 2.05) is 6.92 Å². The Morgan fingerprint density at radius 3 is 1.88 bits per heavy atom. The van der Waals surface area contributed by atoms with Crippen LogP contribution in [0, 0.1) is 0 Å². The number of ether oxygens (including phenoxy) is 5. The van der Waals surface area contributed by atoms with E-state index in [0.717, 1.165) is 6.07 Å². The second-order valence-electron chi connectivity index (χ2n) is 4.89. The summed E-state index contributed by atoms with van der Waals surface area (Å²) < 4.78 is 64.8. The van der Waals surface area contributed by atoms with E-state index in [4.69, 9.17) is 23.7 Å². The molecule has 0 amide bonds. The highest BCUT2D eigenvalue weighted by atomic mass is 79.9. The van der Waals surface area contributed by atoms with Crippen molar-refractivity contribution in [2.75, 3.05) is 59.5 Å². The molecule has 26 heavy (non-hydrogen) atoms. The molecule has 10 heteroatoms. The maximum absolute atomic E-state index is 12.9. The van der Waals surface area contributed by atoms with Gasteiger partial charge in [0.25, 0.3) is 0 Å². The highest BCUT2D eigenvalue weighted by Gasteiger charge is 2.35. The summed E-state index contributed by atoms with van der Waals surface area (Å²) in [5.74, 6) is -0.468. The molecule has 0 radical (unpaired) electrons. The van der Waals surface area contributed by atoms with Gasteiger partial charge in [-0.3, -0.25) is 0 Å². The van der Waals surface area contributed by atoms with Crippen LogP contribution in [0.5, 0.6) is 5.88 Å². The highest BCUT2D eigenvalue weighted by Crippen LogP contribution is 2.36. The zero-order valence-corrected chi connectivity index (χ0v) is 16.1. The van der Waals surface area contributed by atoms with Crippen molar-refractivity contribution in [2.45, 2.75) is 13.1 Å². The molecule has 0 atom stereocenters. The van der Waals surface area contributed by atoms with E-state index in [2.05, 4.69) is 20.9 Å². The molecule has 1 rings (SSSR count). The first-order valence-electron chi connectivity index (χ1n) is 8.11. The zero-order valence-electron chi connectivity index (χ0n) is 14.5. The second-order valence-corrected chi connectivity index (χ2v) is 5.80. The van der Waals surface area contributed by atoms with E-state index in [1.54, 1.807) is 0 Å². The lowest BCUT2D eigenvalue weighted by Crippen LogP contribution is -2.15. The molecule has 0 aliphatic heterocycles. The summed E-state index contributed by atoms with van der Waals surface area (Å²) in [7, 11) is 0. The largest absolute Gasteiger partial charge is 0.475 e. The number of hydrogen-bond donors (Lipinski definition) is 0. The molecule has 0 aromatic carbocycles. The Morgan fingerprint density at radius 2 is 1.38 bits per heavy atom. The van der Waals surface area contributed by atoms with E-state index in [-0.39, 0.29) is 17.7 Å². The van der Waals surface area contributed by atoms with Gasteiger partial charge in [-0.2, -0.15) is 13.2 Å². The average molecular weight is 446 g/mol. The number of nitrogens with zero attached hydrogens (tertiary/aromatic N) is 1. The van der Waals surface area contributed by atoms with Crippen molar-refractivity contribution in [1.82, 2.24) is 4.98 Å². The number of pyridine rings is 1. The third-order valence-corrected chi connectivity index (χ3v) is 3.34. The third kappa shape index (κ3) is 10.3. The fourth-order valence-electron chi connectivity index (χ4n) is 1.75. The van der Waals surface area contributed by atoms with Crippen LogP contribution in [0.2, 0.25) is 0 Å². The molecule has 0 fully saturated rings. The molecule has 1 heterocycles. The van der Waals surface area contributed by atoms with Crippen LogP contribution in [-0.4, -0.2) is 64.4 Å².